The summed E-state index contributed by atoms with van der Waals surface area (Å²) in [6.07, 6.45) is -0.632. The third-order valence-corrected chi connectivity index (χ3v) is 2.51. The van der Waals surface area contributed by atoms with Crippen LogP contribution in [0.15, 0.2) is 16.6 Å². The highest BCUT2D eigenvalue weighted by molar-refractivity contribution is 9.10. The van der Waals surface area contributed by atoms with Gasteiger partial charge in [0.25, 0.3) is 0 Å². The molecule has 0 aromatic heterocycles. The topological polar surface area (TPSA) is 55.5 Å². The molecule has 0 aliphatic heterocycles. The van der Waals surface area contributed by atoms with Crippen molar-refractivity contribution in [2.24, 2.45) is 5.73 Å². The van der Waals surface area contributed by atoms with E-state index in [4.69, 9.17) is 10.5 Å². The van der Waals surface area contributed by atoms with Gasteiger partial charge in [-0.1, -0.05) is 15.9 Å². The summed E-state index contributed by atoms with van der Waals surface area (Å²) in [5, 5.41) is 9.69. The van der Waals surface area contributed by atoms with Gasteiger partial charge in [0.15, 0.2) is 0 Å². The first-order chi connectivity index (χ1) is 7.10. The van der Waals surface area contributed by atoms with E-state index in [0.717, 1.165) is 0 Å². The zero-order chi connectivity index (χ0) is 11.4. The van der Waals surface area contributed by atoms with Gasteiger partial charge >= 0.3 is 0 Å². The van der Waals surface area contributed by atoms with Crippen LogP contribution in [0.2, 0.25) is 0 Å². The summed E-state index contributed by atoms with van der Waals surface area (Å²) < 4.78 is 19.1. The molecule has 0 radical (unpaired) electrons. The second kappa shape index (κ2) is 5.44. The van der Waals surface area contributed by atoms with Crippen molar-refractivity contribution >= 4 is 15.9 Å². The van der Waals surface area contributed by atoms with Crippen LogP contribution in [0.3, 0.4) is 0 Å². The largest absolute Gasteiger partial charge is 0.496 e. The van der Waals surface area contributed by atoms with E-state index < -0.39 is 11.9 Å². The lowest BCUT2D eigenvalue weighted by Gasteiger charge is -2.15. The normalized spacial score (nSPS) is 12.6. The molecule has 1 aromatic rings. The first-order valence-corrected chi connectivity index (χ1v) is 5.30. The predicted octanol–water partition coefficient (Wildman–Crippen LogP) is 1.98. The molecule has 1 aromatic carbocycles. The molecular weight excluding hydrogens is 265 g/mol. The highest BCUT2D eigenvalue weighted by Crippen LogP contribution is 2.32. The molecule has 0 aliphatic rings. The molecule has 0 unspecified atom stereocenters. The summed E-state index contributed by atoms with van der Waals surface area (Å²) in [5.41, 5.74) is 5.46. The lowest BCUT2D eigenvalue weighted by Crippen LogP contribution is -2.09. The molecule has 3 N–H and O–H groups in total. The molecule has 15 heavy (non-hydrogen) atoms. The average molecular weight is 278 g/mol. The molecule has 0 amide bonds. The maximum Gasteiger partial charge on any atom is 0.133 e. The Balaban J connectivity index is 3.14. The van der Waals surface area contributed by atoms with Gasteiger partial charge in [0.1, 0.15) is 11.6 Å². The van der Waals surface area contributed by atoms with E-state index in [0.29, 0.717) is 23.2 Å². The SMILES string of the molecule is COc1cc(Br)cc(F)c1[C@H](O)CCN. The number of aliphatic hydroxyl groups excluding tert-OH is 1. The van der Waals surface area contributed by atoms with Crippen molar-refractivity contribution in [3.8, 4) is 5.75 Å². The predicted molar refractivity (Wildman–Crippen MR) is 59.3 cm³/mol. The van der Waals surface area contributed by atoms with Crippen LogP contribution in [0.25, 0.3) is 0 Å². The lowest BCUT2D eigenvalue weighted by atomic mass is 10.0. The number of ether oxygens (including phenoxy) is 1. The van der Waals surface area contributed by atoms with Gasteiger partial charge in [-0.3, -0.25) is 0 Å². The van der Waals surface area contributed by atoms with Crippen molar-refractivity contribution in [1.82, 2.24) is 0 Å². The fraction of sp³-hybridized carbons (Fsp3) is 0.400. The van der Waals surface area contributed by atoms with Gasteiger partial charge in [0, 0.05) is 4.47 Å². The molecular formula is C10H13BrFNO2. The summed E-state index contributed by atoms with van der Waals surface area (Å²) in [6.45, 7) is 0.291. The molecule has 0 heterocycles. The van der Waals surface area contributed by atoms with E-state index in [1.54, 1.807) is 6.07 Å². The highest BCUT2D eigenvalue weighted by atomic mass is 79.9. The fourth-order valence-electron chi connectivity index (χ4n) is 1.36. The number of halogens is 2. The van der Waals surface area contributed by atoms with Crippen molar-refractivity contribution in [2.75, 3.05) is 13.7 Å². The number of hydrogen-bond acceptors (Lipinski definition) is 3. The minimum absolute atomic E-state index is 0.158. The molecule has 1 rings (SSSR count). The minimum atomic E-state index is -0.932. The van der Waals surface area contributed by atoms with Crippen LogP contribution in [0.1, 0.15) is 18.1 Å². The third-order valence-electron chi connectivity index (χ3n) is 2.05. The second-order valence-electron chi connectivity index (χ2n) is 3.10. The highest BCUT2D eigenvalue weighted by Gasteiger charge is 2.18. The van der Waals surface area contributed by atoms with E-state index in [9.17, 15) is 9.50 Å². The Bertz CT molecular complexity index is 346. The van der Waals surface area contributed by atoms with Crippen LogP contribution < -0.4 is 10.5 Å². The van der Waals surface area contributed by atoms with Crippen LogP contribution in [0.5, 0.6) is 5.75 Å². The summed E-state index contributed by atoms with van der Waals surface area (Å²) in [5.74, 6) is -0.176. The van der Waals surface area contributed by atoms with Gasteiger partial charge in [-0.25, -0.2) is 4.39 Å². The van der Waals surface area contributed by atoms with E-state index in [1.807, 2.05) is 0 Å². The van der Waals surface area contributed by atoms with Crippen molar-refractivity contribution in [2.45, 2.75) is 12.5 Å². The zero-order valence-corrected chi connectivity index (χ0v) is 9.92. The summed E-state index contributed by atoms with van der Waals surface area (Å²) >= 11 is 3.15. The standard InChI is InChI=1S/C10H13BrFNO2/c1-15-9-5-6(11)4-7(12)10(9)8(14)2-3-13/h4-5,8,14H,2-3,13H2,1H3/t8-/m1/s1. The fourth-order valence-corrected chi connectivity index (χ4v) is 1.76. The molecule has 84 valence electrons. The Morgan fingerprint density at radius 1 is 1.60 bits per heavy atom. The Kier molecular flexibility index (Phi) is 4.50. The first kappa shape index (κ1) is 12.4. The molecule has 0 saturated heterocycles. The Hall–Kier alpha value is -0.650. The quantitative estimate of drug-likeness (QED) is 0.885. The Morgan fingerprint density at radius 2 is 2.27 bits per heavy atom. The molecule has 0 aliphatic carbocycles. The van der Waals surface area contributed by atoms with Gasteiger partial charge in [0.2, 0.25) is 0 Å². The van der Waals surface area contributed by atoms with Crippen molar-refractivity contribution in [3.63, 3.8) is 0 Å². The monoisotopic (exact) mass is 277 g/mol. The van der Waals surface area contributed by atoms with Crippen LogP contribution >= 0.6 is 15.9 Å². The number of hydrogen-bond donors (Lipinski definition) is 2. The van der Waals surface area contributed by atoms with Crippen LogP contribution in [0.4, 0.5) is 4.39 Å². The summed E-state index contributed by atoms with van der Waals surface area (Å²) in [7, 11) is 1.43. The minimum Gasteiger partial charge on any atom is -0.496 e. The van der Waals surface area contributed by atoms with Crippen molar-refractivity contribution in [3.05, 3.63) is 28.0 Å². The number of methoxy groups -OCH3 is 1. The first-order valence-electron chi connectivity index (χ1n) is 4.51. The molecule has 0 saturated carbocycles. The zero-order valence-electron chi connectivity index (χ0n) is 8.34. The number of benzene rings is 1. The summed E-state index contributed by atoms with van der Waals surface area (Å²) in [6, 6.07) is 2.90. The summed E-state index contributed by atoms with van der Waals surface area (Å²) in [4.78, 5) is 0. The van der Waals surface area contributed by atoms with Gasteiger partial charge in [-0.05, 0) is 25.1 Å². The number of rotatable bonds is 4. The smallest absolute Gasteiger partial charge is 0.133 e. The number of nitrogens with two attached hydrogens (primary N) is 1. The average Bonchev–Trinajstić information content (AvgIpc) is 2.16. The molecule has 0 spiro atoms. The van der Waals surface area contributed by atoms with Gasteiger partial charge in [-0.2, -0.15) is 0 Å². The number of aliphatic hydroxyl groups is 1. The lowest BCUT2D eigenvalue weighted by molar-refractivity contribution is 0.161. The van der Waals surface area contributed by atoms with Gasteiger partial charge < -0.3 is 15.6 Å². The van der Waals surface area contributed by atoms with Gasteiger partial charge in [0.05, 0.1) is 18.8 Å². The molecule has 5 heteroatoms. The van der Waals surface area contributed by atoms with Crippen LogP contribution in [-0.4, -0.2) is 18.8 Å². The Morgan fingerprint density at radius 3 is 2.80 bits per heavy atom. The van der Waals surface area contributed by atoms with Gasteiger partial charge in [-0.15, -0.1) is 0 Å². The molecule has 0 bridgehead atoms. The van der Waals surface area contributed by atoms with E-state index in [1.165, 1.54) is 13.2 Å². The molecule has 0 fully saturated rings. The van der Waals surface area contributed by atoms with Crippen LogP contribution in [-0.2, 0) is 0 Å². The molecule has 1 atom stereocenters. The van der Waals surface area contributed by atoms with Crippen LogP contribution in [0, 0.1) is 5.82 Å². The van der Waals surface area contributed by atoms with Crippen molar-refractivity contribution in [1.29, 1.82) is 0 Å². The van der Waals surface area contributed by atoms with E-state index in [2.05, 4.69) is 15.9 Å². The van der Waals surface area contributed by atoms with Crippen molar-refractivity contribution < 1.29 is 14.2 Å². The maximum absolute atomic E-state index is 13.6. The maximum atomic E-state index is 13.6. The van der Waals surface area contributed by atoms with E-state index >= 15 is 0 Å². The third kappa shape index (κ3) is 2.90. The van der Waals surface area contributed by atoms with E-state index in [-0.39, 0.29) is 5.56 Å². The second-order valence-corrected chi connectivity index (χ2v) is 4.01. The Labute approximate surface area is 96.2 Å². The molecule has 3 nitrogen and oxygen atoms in total.